The number of hydrogen-bond acceptors (Lipinski definition) is 5. The van der Waals surface area contributed by atoms with Gasteiger partial charge >= 0.3 is 0 Å². The topological polar surface area (TPSA) is 65.9 Å². The van der Waals surface area contributed by atoms with Crippen molar-refractivity contribution in [2.75, 3.05) is 39.4 Å². The van der Waals surface area contributed by atoms with Crippen LogP contribution in [0.15, 0.2) is 42.6 Å². The first kappa shape index (κ1) is 23.0. The number of nitrogens with zero attached hydrogens (tertiary/aromatic N) is 3. The van der Waals surface area contributed by atoms with Gasteiger partial charge in [0, 0.05) is 31.5 Å². The number of hydrogen-bond donors (Lipinski definition) is 1. The van der Waals surface area contributed by atoms with Crippen LogP contribution in [-0.4, -0.2) is 65.2 Å². The third-order valence-corrected chi connectivity index (χ3v) is 7.08. The maximum Gasteiger partial charge on any atom is 0.272 e. The van der Waals surface area contributed by atoms with Gasteiger partial charge in [-0.3, -0.25) is 9.69 Å². The van der Waals surface area contributed by atoms with Crippen molar-refractivity contribution in [2.24, 2.45) is 5.41 Å². The molecule has 1 N–H and O–H groups in total. The molecule has 1 aromatic heterocycles. The molecule has 4 heterocycles. The third-order valence-electron chi connectivity index (χ3n) is 6.86. The van der Waals surface area contributed by atoms with Gasteiger partial charge in [0.25, 0.3) is 5.91 Å². The molecule has 0 atom stereocenters. The standard InChI is InChI=1S/C25H32ClN3O3/c26-21-7-8-22(27-17-21)24(31)29-12-4-3-9-25(19-30)10-13-28(14-11-25)18-20-5-1-2-6-23(20)32-16-15-29/h1-2,5-8,17,30H,3-4,9-16,18-19H2. The van der Waals surface area contributed by atoms with Crippen molar-refractivity contribution < 1.29 is 14.6 Å². The minimum absolute atomic E-state index is 0.000723. The molecule has 2 bridgehead atoms. The lowest BCUT2D eigenvalue weighted by atomic mass is 9.75. The maximum atomic E-state index is 13.1. The average molecular weight is 458 g/mol. The summed E-state index contributed by atoms with van der Waals surface area (Å²) in [6, 6.07) is 11.5. The molecule has 3 aliphatic rings. The molecule has 1 fully saturated rings. The Morgan fingerprint density at radius 1 is 1.06 bits per heavy atom. The van der Waals surface area contributed by atoms with Gasteiger partial charge in [-0.05, 0) is 62.4 Å². The minimum Gasteiger partial charge on any atom is -0.491 e. The molecule has 3 aliphatic heterocycles. The first-order valence-electron chi connectivity index (χ1n) is 11.5. The number of pyridine rings is 1. The number of rotatable bonds is 2. The van der Waals surface area contributed by atoms with Crippen LogP contribution >= 0.6 is 11.6 Å². The summed E-state index contributed by atoms with van der Waals surface area (Å²) >= 11 is 5.94. The summed E-state index contributed by atoms with van der Waals surface area (Å²) in [5.74, 6) is 0.769. The number of ether oxygens (including phenoxy) is 1. The number of fused-ring (bicyclic) bond motifs is 9. The fraction of sp³-hybridized carbons (Fsp3) is 0.520. The van der Waals surface area contributed by atoms with Crippen LogP contribution in [0.25, 0.3) is 0 Å². The zero-order chi connectivity index (χ0) is 22.4. The molecule has 1 amide bonds. The second kappa shape index (κ2) is 10.6. The van der Waals surface area contributed by atoms with E-state index in [1.807, 2.05) is 23.1 Å². The normalized spacial score (nSPS) is 24.7. The molecular weight excluding hydrogens is 426 g/mol. The van der Waals surface area contributed by atoms with Crippen molar-refractivity contribution in [3.05, 3.63) is 58.9 Å². The number of carbonyl (C=O) groups is 1. The lowest BCUT2D eigenvalue weighted by Crippen LogP contribution is -2.41. The van der Waals surface area contributed by atoms with Crippen LogP contribution in [0.3, 0.4) is 0 Å². The van der Waals surface area contributed by atoms with Gasteiger partial charge in [0.05, 0.1) is 11.6 Å². The van der Waals surface area contributed by atoms with E-state index in [0.717, 1.165) is 63.1 Å². The van der Waals surface area contributed by atoms with Crippen molar-refractivity contribution in [2.45, 2.75) is 38.6 Å². The number of aliphatic hydroxyl groups excluding tert-OH is 1. The highest BCUT2D eigenvalue weighted by molar-refractivity contribution is 6.30. The quantitative estimate of drug-likeness (QED) is 0.737. The van der Waals surface area contributed by atoms with Gasteiger partial charge in [-0.15, -0.1) is 0 Å². The highest BCUT2D eigenvalue weighted by atomic mass is 35.5. The average Bonchev–Trinajstić information content (AvgIpc) is 2.83. The van der Waals surface area contributed by atoms with Gasteiger partial charge in [0.2, 0.25) is 0 Å². The highest BCUT2D eigenvalue weighted by Gasteiger charge is 2.34. The van der Waals surface area contributed by atoms with Gasteiger partial charge < -0.3 is 14.7 Å². The minimum atomic E-state index is -0.105. The Balaban J connectivity index is 1.53. The molecule has 1 aromatic carbocycles. The van der Waals surface area contributed by atoms with Crippen molar-refractivity contribution in [3.8, 4) is 5.75 Å². The number of aliphatic hydroxyl groups is 1. The first-order valence-corrected chi connectivity index (χ1v) is 11.9. The van der Waals surface area contributed by atoms with Crippen LogP contribution < -0.4 is 4.74 Å². The van der Waals surface area contributed by atoms with Gasteiger partial charge in [0.1, 0.15) is 18.1 Å². The van der Waals surface area contributed by atoms with Crippen molar-refractivity contribution in [1.82, 2.24) is 14.8 Å². The van der Waals surface area contributed by atoms with E-state index in [-0.39, 0.29) is 17.9 Å². The summed E-state index contributed by atoms with van der Waals surface area (Å²) < 4.78 is 6.14. The Morgan fingerprint density at radius 3 is 2.62 bits per heavy atom. The second-order valence-corrected chi connectivity index (χ2v) is 9.44. The molecule has 7 heteroatoms. The fourth-order valence-electron chi connectivity index (χ4n) is 4.74. The molecule has 2 aromatic rings. The lowest BCUT2D eigenvalue weighted by molar-refractivity contribution is 0.0319. The molecule has 32 heavy (non-hydrogen) atoms. The van der Waals surface area contributed by atoms with Crippen LogP contribution in [0, 0.1) is 5.41 Å². The Bertz CT molecular complexity index is 898. The zero-order valence-electron chi connectivity index (χ0n) is 18.5. The van der Waals surface area contributed by atoms with Gasteiger partial charge in [0.15, 0.2) is 0 Å². The maximum absolute atomic E-state index is 13.1. The Labute approximate surface area is 195 Å². The van der Waals surface area contributed by atoms with Crippen LogP contribution in [0.5, 0.6) is 5.75 Å². The summed E-state index contributed by atoms with van der Waals surface area (Å²) in [5.41, 5.74) is 1.56. The number of piperidine rings is 1. The number of amides is 1. The third kappa shape index (κ3) is 5.61. The van der Waals surface area contributed by atoms with Crippen LogP contribution in [0.2, 0.25) is 5.02 Å². The van der Waals surface area contributed by atoms with Crippen molar-refractivity contribution in [3.63, 3.8) is 0 Å². The van der Waals surface area contributed by atoms with Crippen LogP contribution in [-0.2, 0) is 6.54 Å². The molecule has 0 aliphatic carbocycles. The van der Waals surface area contributed by atoms with Gasteiger partial charge in [-0.25, -0.2) is 4.98 Å². The number of carbonyl (C=O) groups excluding carboxylic acids is 1. The summed E-state index contributed by atoms with van der Waals surface area (Å²) in [6.45, 7) is 4.61. The Kier molecular flexibility index (Phi) is 7.66. The van der Waals surface area contributed by atoms with E-state index in [0.29, 0.717) is 30.4 Å². The van der Waals surface area contributed by atoms with E-state index in [1.165, 1.54) is 6.20 Å². The van der Waals surface area contributed by atoms with Gasteiger partial charge in [-0.2, -0.15) is 0 Å². The predicted molar refractivity (Wildman–Crippen MR) is 125 cm³/mol. The molecule has 0 unspecified atom stereocenters. The monoisotopic (exact) mass is 457 g/mol. The number of halogens is 1. The van der Waals surface area contributed by atoms with E-state index in [9.17, 15) is 9.90 Å². The Hall–Kier alpha value is -2.15. The van der Waals surface area contributed by atoms with Gasteiger partial charge in [-0.1, -0.05) is 36.2 Å². The molecule has 172 valence electrons. The number of aromatic nitrogens is 1. The molecule has 0 saturated carbocycles. The van der Waals surface area contributed by atoms with E-state index in [4.69, 9.17) is 16.3 Å². The summed E-state index contributed by atoms with van der Waals surface area (Å²) in [5, 5.41) is 10.7. The lowest BCUT2D eigenvalue weighted by Gasteiger charge is -2.41. The predicted octanol–water partition coefficient (Wildman–Crippen LogP) is 4.01. The highest BCUT2D eigenvalue weighted by Crippen LogP contribution is 2.37. The second-order valence-electron chi connectivity index (χ2n) is 9.00. The Morgan fingerprint density at radius 2 is 1.88 bits per heavy atom. The summed E-state index contributed by atoms with van der Waals surface area (Å²) in [4.78, 5) is 21.6. The number of benzene rings is 1. The summed E-state index contributed by atoms with van der Waals surface area (Å²) in [6.07, 6.45) is 6.38. The van der Waals surface area contributed by atoms with E-state index in [1.54, 1.807) is 12.1 Å². The smallest absolute Gasteiger partial charge is 0.272 e. The fourth-order valence-corrected chi connectivity index (χ4v) is 4.85. The first-order chi connectivity index (χ1) is 15.6. The molecule has 1 saturated heterocycles. The molecular formula is C25H32ClN3O3. The number of para-hydroxylation sites is 1. The van der Waals surface area contributed by atoms with E-state index in [2.05, 4.69) is 16.0 Å². The molecule has 0 radical (unpaired) electrons. The molecule has 5 rings (SSSR count). The zero-order valence-corrected chi connectivity index (χ0v) is 19.3. The molecule has 6 nitrogen and oxygen atoms in total. The SMILES string of the molecule is O=C(c1ccc(Cl)cn1)N1CCCCC2(CO)CCN(CC2)Cc2ccccc2OCC1. The van der Waals surface area contributed by atoms with Crippen molar-refractivity contribution in [1.29, 1.82) is 0 Å². The molecule has 0 spiro atoms. The van der Waals surface area contributed by atoms with Crippen molar-refractivity contribution >= 4 is 17.5 Å². The van der Waals surface area contributed by atoms with Crippen LogP contribution in [0.1, 0.15) is 48.2 Å². The van der Waals surface area contributed by atoms with E-state index >= 15 is 0 Å². The summed E-state index contributed by atoms with van der Waals surface area (Å²) in [7, 11) is 0. The largest absolute Gasteiger partial charge is 0.491 e. The van der Waals surface area contributed by atoms with Crippen LogP contribution in [0.4, 0.5) is 0 Å². The van der Waals surface area contributed by atoms with E-state index < -0.39 is 0 Å².